The Morgan fingerprint density at radius 2 is 2.13 bits per heavy atom. The van der Waals surface area contributed by atoms with Crippen molar-refractivity contribution in [3.05, 3.63) is 54.1 Å². The van der Waals surface area contributed by atoms with Gasteiger partial charge in [0, 0.05) is 45.6 Å². The number of benzene rings is 1. The topological polar surface area (TPSA) is 70.4 Å². The van der Waals surface area contributed by atoms with Crippen LogP contribution in [-0.4, -0.2) is 45.8 Å². The zero-order chi connectivity index (χ0) is 16.7. The summed E-state index contributed by atoms with van der Waals surface area (Å²) >= 11 is 0. The molecule has 0 aliphatic carbocycles. The summed E-state index contributed by atoms with van der Waals surface area (Å²) in [6.45, 7) is 1.04. The van der Waals surface area contributed by atoms with Crippen LogP contribution in [0.25, 0.3) is 0 Å². The van der Waals surface area contributed by atoms with E-state index in [1.165, 1.54) is 0 Å². The molecule has 0 fully saturated rings. The Kier molecular flexibility index (Phi) is 6.17. The van der Waals surface area contributed by atoms with Crippen LogP contribution >= 0.6 is 0 Å². The maximum Gasteiger partial charge on any atom is 0.317 e. The second-order valence-corrected chi connectivity index (χ2v) is 5.62. The van der Waals surface area contributed by atoms with Gasteiger partial charge in [-0.15, -0.1) is 0 Å². The summed E-state index contributed by atoms with van der Waals surface area (Å²) in [5.41, 5.74) is 1.12. The van der Waals surface area contributed by atoms with E-state index in [-0.39, 0.29) is 18.6 Å². The first-order valence-corrected chi connectivity index (χ1v) is 7.72. The van der Waals surface area contributed by atoms with Crippen molar-refractivity contribution in [2.75, 3.05) is 20.2 Å². The zero-order valence-corrected chi connectivity index (χ0v) is 13.6. The number of imidazole rings is 1. The van der Waals surface area contributed by atoms with Gasteiger partial charge in [-0.2, -0.15) is 0 Å². The summed E-state index contributed by atoms with van der Waals surface area (Å²) in [6.07, 6.45) is 4.19. The highest BCUT2D eigenvalue weighted by atomic mass is 16.3. The molecule has 1 unspecified atom stereocenters. The number of hydrogen-bond acceptors (Lipinski definition) is 3. The molecule has 1 heterocycles. The molecule has 23 heavy (non-hydrogen) atoms. The fourth-order valence-electron chi connectivity index (χ4n) is 2.45. The van der Waals surface area contributed by atoms with Crippen molar-refractivity contribution < 1.29 is 9.90 Å². The van der Waals surface area contributed by atoms with Crippen molar-refractivity contribution in [2.24, 2.45) is 7.05 Å². The molecule has 0 saturated heterocycles. The number of carbonyl (C=O) groups is 1. The third-order valence-electron chi connectivity index (χ3n) is 3.89. The van der Waals surface area contributed by atoms with Gasteiger partial charge in [-0.1, -0.05) is 30.3 Å². The number of aliphatic hydroxyl groups is 1. The largest absolute Gasteiger partial charge is 0.396 e. The maximum absolute atomic E-state index is 12.2. The number of hydrogen-bond donors (Lipinski definition) is 2. The average Bonchev–Trinajstić information content (AvgIpc) is 2.97. The predicted molar refractivity (Wildman–Crippen MR) is 89.0 cm³/mol. The van der Waals surface area contributed by atoms with E-state index in [1.807, 2.05) is 48.1 Å². The monoisotopic (exact) mass is 316 g/mol. The van der Waals surface area contributed by atoms with E-state index in [2.05, 4.69) is 10.3 Å². The summed E-state index contributed by atoms with van der Waals surface area (Å²) in [4.78, 5) is 18.1. The second kappa shape index (κ2) is 8.33. The first kappa shape index (κ1) is 17.0. The van der Waals surface area contributed by atoms with Crippen LogP contribution in [0.5, 0.6) is 0 Å². The summed E-state index contributed by atoms with van der Waals surface area (Å²) in [5, 5.41) is 12.2. The molecule has 0 spiro atoms. The summed E-state index contributed by atoms with van der Waals surface area (Å²) in [5.74, 6) is 0.935. The Morgan fingerprint density at radius 1 is 1.39 bits per heavy atom. The fraction of sp³-hybridized carbons (Fsp3) is 0.412. The number of carbonyl (C=O) groups excluding carboxylic acids is 1. The Labute approximate surface area is 136 Å². The Balaban J connectivity index is 1.89. The molecular formula is C17H24N4O2. The fourth-order valence-corrected chi connectivity index (χ4v) is 2.45. The van der Waals surface area contributed by atoms with E-state index in [9.17, 15) is 9.90 Å². The number of amides is 2. The molecule has 2 rings (SSSR count). The number of aromatic nitrogens is 2. The second-order valence-electron chi connectivity index (χ2n) is 5.62. The van der Waals surface area contributed by atoms with Crippen molar-refractivity contribution >= 4 is 6.03 Å². The molecule has 2 aromatic rings. The molecule has 0 aliphatic heterocycles. The minimum absolute atomic E-state index is 0.0958. The minimum Gasteiger partial charge on any atom is -0.396 e. The maximum atomic E-state index is 12.2. The highest BCUT2D eigenvalue weighted by molar-refractivity contribution is 5.73. The molecule has 0 radical (unpaired) electrons. The number of rotatable bonds is 7. The van der Waals surface area contributed by atoms with E-state index < -0.39 is 0 Å². The Hall–Kier alpha value is -2.34. The lowest BCUT2D eigenvalue weighted by Gasteiger charge is -2.21. The van der Waals surface area contributed by atoms with E-state index in [0.29, 0.717) is 19.5 Å². The van der Waals surface area contributed by atoms with Gasteiger partial charge in [0.05, 0.1) is 6.54 Å². The van der Waals surface area contributed by atoms with Crippen LogP contribution in [-0.2, 0) is 13.6 Å². The molecule has 2 N–H and O–H groups in total. The first-order chi connectivity index (χ1) is 11.1. The van der Waals surface area contributed by atoms with Gasteiger partial charge in [0.1, 0.15) is 5.82 Å². The quantitative estimate of drug-likeness (QED) is 0.817. The molecule has 1 aromatic heterocycles. The standard InChI is InChI=1S/C17H24N4O2/c1-20-10-9-18-16(20)13-21(2)17(23)19-12-15(8-11-22)14-6-4-3-5-7-14/h3-7,9-10,15,22H,8,11-13H2,1-2H3,(H,19,23). The Morgan fingerprint density at radius 3 is 2.74 bits per heavy atom. The zero-order valence-electron chi connectivity index (χ0n) is 13.6. The first-order valence-electron chi connectivity index (χ1n) is 7.72. The van der Waals surface area contributed by atoms with Crippen LogP contribution in [0.1, 0.15) is 23.7 Å². The van der Waals surface area contributed by atoms with Crippen molar-refractivity contribution in [3.8, 4) is 0 Å². The highest BCUT2D eigenvalue weighted by Crippen LogP contribution is 2.18. The van der Waals surface area contributed by atoms with E-state index >= 15 is 0 Å². The molecule has 6 nitrogen and oxygen atoms in total. The van der Waals surface area contributed by atoms with Crippen LogP contribution in [0.4, 0.5) is 4.79 Å². The van der Waals surface area contributed by atoms with Crippen molar-refractivity contribution in [1.82, 2.24) is 19.8 Å². The van der Waals surface area contributed by atoms with Gasteiger partial charge in [0.2, 0.25) is 0 Å². The highest BCUT2D eigenvalue weighted by Gasteiger charge is 2.15. The molecule has 6 heteroatoms. The molecule has 1 atom stereocenters. The molecule has 0 bridgehead atoms. The summed E-state index contributed by atoms with van der Waals surface area (Å²) in [6, 6.07) is 9.78. The van der Waals surface area contributed by atoms with Crippen LogP contribution in [0.2, 0.25) is 0 Å². The van der Waals surface area contributed by atoms with Gasteiger partial charge < -0.3 is 19.9 Å². The van der Waals surface area contributed by atoms with E-state index in [0.717, 1.165) is 11.4 Å². The van der Waals surface area contributed by atoms with Gasteiger partial charge in [0.25, 0.3) is 0 Å². The van der Waals surface area contributed by atoms with Gasteiger partial charge >= 0.3 is 6.03 Å². The average molecular weight is 316 g/mol. The van der Waals surface area contributed by atoms with Crippen LogP contribution in [0.3, 0.4) is 0 Å². The lowest BCUT2D eigenvalue weighted by Crippen LogP contribution is -2.39. The van der Waals surface area contributed by atoms with Gasteiger partial charge in [-0.05, 0) is 12.0 Å². The number of nitrogens with zero attached hydrogens (tertiary/aromatic N) is 3. The number of aliphatic hydroxyl groups excluding tert-OH is 1. The predicted octanol–water partition coefficient (Wildman–Crippen LogP) is 1.73. The smallest absolute Gasteiger partial charge is 0.317 e. The van der Waals surface area contributed by atoms with Crippen LogP contribution in [0.15, 0.2) is 42.7 Å². The summed E-state index contributed by atoms with van der Waals surface area (Å²) < 4.78 is 1.89. The molecule has 0 aliphatic rings. The molecule has 0 saturated carbocycles. The molecule has 1 aromatic carbocycles. The Bertz CT molecular complexity index is 612. The summed E-state index contributed by atoms with van der Waals surface area (Å²) in [7, 11) is 3.65. The molecular weight excluding hydrogens is 292 g/mol. The third-order valence-corrected chi connectivity index (χ3v) is 3.89. The third kappa shape index (κ3) is 4.82. The number of urea groups is 1. The number of nitrogens with one attached hydrogen (secondary N) is 1. The van der Waals surface area contributed by atoms with Gasteiger partial charge in [-0.25, -0.2) is 9.78 Å². The van der Waals surface area contributed by atoms with Crippen LogP contribution in [0, 0.1) is 0 Å². The minimum atomic E-state index is -0.146. The molecule has 2 amide bonds. The SMILES string of the molecule is CN(Cc1nccn1C)C(=O)NCC(CCO)c1ccccc1. The van der Waals surface area contributed by atoms with Gasteiger partial charge in [-0.3, -0.25) is 0 Å². The lowest BCUT2D eigenvalue weighted by atomic mass is 9.96. The van der Waals surface area contributed by atoms with Crippen molar-refractivity contribution in [3.63, 3.8) is 0 Å². The van der Waals surface area contributed by atoms with Crippen molar-refractivity contribution in [1.29, 1.82) is 0 Å². The van der Waals surface area contributed by atoms with E-state index in [1.54, 1.807) is 18.1 Å². The van der Waals surface area contributed by atoms with E-state index in [4.69, 9.17) is 0 Å². The van der Waals surface area contributed by atoms with Gasteiger partial charge in [0.15, 0.2) is 0 Å². The van der Waals surface area contributed by atoms with Crippen LogP contribution < -0.4 is 5.32 Å². The normalized spacial score (nSPS) is 12.0. The molecule has 124 valence electrons. The number of aryl methyl sites for hydroxylation is 1. The lowest BCUT2D eigenvalue weighted by molar-refractivity contribution is 0.203. The van der Waals surface area contributed by atoms with Crippen molar-refractivity contribution in [2.45, 2.75) is 18.9 Å².